The van der Waals surface area contributed by atoms with Gasteiger partial charge in [-0.1, -0.05) is 6.07 Å². The summed E-state index contributed by atoms with van der Waals surface area (Å²) in [5.74, 6) is 0. The average molecular weight is 269 g/mol. The van der Waals surface area contributed by atoms with Crippen LogP contribution < -0.4 is 15.8 Å². The fraction of sp³-hybridized carbons (Fsp3) is 0.364. The van der Waals surface area contributed by atoms with E-state index in [1.54, 1.807) is 13.0 Å². The number of anilines is 1. The first-order chi connectivity index (χ1) is 8.40. The number of nitrogens with two attached hydrogens (primary N) is 1. The van der Waals surface area contributed by atoms with E-state index in [1.807, 2.05) is 4.72 Å². The molecule has 0 unspecified atom stereocenters. The van der Waals surface area contributed by atoms with Gasteiger partial charge in [0.25, 0.3) is 10.0 Å². The fourth-order valence-corrected chi connectivity index (χ4v) is 2.73. The molecular formula is C11H15N3O3S. The van der Waals surface area contributed by atoms with Gasteiger partial charge < -0.3 is 11.1 Å². The molecule has 0 spiro atoms. The molecule has 0 aliphatic heterocycles. The lowest BCUT2D eigenvalue weighted by atomic mass is 10.2. The summed E-state index contributed by atoms with van der Waals surface area (Å²) in [6.07, 6.45) is 1.79. The van der Waals surface area contributed by atoms with E-state index in [1.165, 1.54) is 12.1 Å². The summed E-state index contributed by atoms with van der Waals surface area (Å²) in [5.41, 5.74) is 6.46. The van der Waals surface area contributed by atoms with E-state index in [2.05, 4.69) is 5.32 Å². The zero-order valence-corrected chi connectivity index (χ0v) is 10.8. The van der Waals surface area contributed by atoms with E-state index in [9.17, 15) is 13.2 Å². The molecule has 6 nitrogen and oxygen atoms in total. The first-order valence-corrected chi connectivity index (χ1v) is 7.07. The smallest absolute Gasteiger partial charge is 0.328 e. The topological polar surface area (TPSA) is 101 Å². The number of nitrogen functional groups attached to an aromatic ring is 1. The summed E-state index contributed by atoms with van der Waals surface area (Å²) < 4.78 is 26.0. The molecule has 0 heterocycles. The Bertz CT molecular complexity index is 579. The summed E-state index contributed by atoms with van der Waals surface area (Å²) >= 11 is 0. The van der Waals surface area contributed by atoms with Crippen LogP contribution in [0, 0.1) is 6.92 Å². The minimum absolute atomic E-state index is 0.0217. The molecule has 0 aromatic heterocycles. The van der Waals surface area contributed by atoms with Gasteiger partial charge in [-0.05, 0) is 37.5 Å². The Labute approximate surface area is 106 Å². The lowest BCUT2D eigenvalue weighted by Crippen LogP contribution is -2.40. The van der Waals surface area contributed by atoms with Crippen LogP contribution in [-0.2, 0) is 10.0 Å². The van der Waals surface area contributed by atoms with Crippen molar-refractivity contribution in [2.24, 2.45) is 0 Å². The Morgan fingerprint density at radius 2 is 2.06 bits per heavy atom. The molecule has 0 bridgehead atoms. The van der Waals surface area contributed by atoms with Gasteiger partial charge >= 0.3 is 6.03 Å². The van der Waals surface area contributed by atoms with Crippen LogP contribution in [-0.4, -0.2) is 20.5 Å². The minimum Gasteiger partial charge on any atom is -0.398 e. The highest BCUT2D eigenvalue weighted by Gasteiger charge is 2.26. The summed E-state index contributed by atoms with van der Waals surface area (Å²) in [6, 6.07) is 3.97. The van der Waals surface area contributed by atoms with Crippen molar-refractivity contribution in [3.05, 3.63) is 23.8 Å². The van der Waals surface area contributed by atoms with Crippen LogP contribution in [0.3, 0.4) is 0 Å². The Morgan fingerprint density at radius 1 is 1.39 bits per heavy atom. The molecule has 1 aliphatic carbocycles. The van der Waals surface area contributed by atoms with Crippen molar-refractivity contribution in [3.8, 4) is 0 Å². The molecule has 2 rings (SSSR count). The lowest BCUT2D eigenvalue weighted by Gasteiger charge is -2.11. The third-order valence-corrected chi connectivity index (χ3v) is 4.23. The van der Waals surface area contributed by atoms with Crippen LogP contribution in [0.4, 0.5) is 10.5 Å². The van der Waals surface area contributed by atoms with Crippen molar-refractivity contribution in [2.75, 3.05) is 5.73 Å². The number of rotatable bonds is 3. The molecule has 18 heavy (non-hydrogen) atoms. The van der Waals surface area contributed by atoms with E-state index in [-0.39, 0.29) is 10.9 Å². The number of benzene rings is 1. The van der Waals surface area contributed by atoms with Crippen molar-refractivity contribution in [1.29, 1.82) is 0 Å². The molecular weight excluding hydrogens is 254 g/mol. The van der Waals surface area contributed by atoms with Gasteiger partial charge in [-0.25, -0.2) is 17.9 Å². The van der Waals surface area contributed by atoms with Crippen LogP contribution in [0.2, 0.25) is 0 Å². The van der Waals surface area contributed by atoms with Crippen molar-refractivity contribution in [1.82, 2.24) is 10.0 Å². The number of hydrogen-bond donors (Lipinski definition) is 3. The number of urea groups is 1. The summed E-state index contributed by atoms with van der Waals surface area (Å²) in [4.78, 5) is 11.5. The van der Waals surface area contributed by atoms with E-state index < -0.39 is 16.1 Å². The van der Waals surface area contributed by atoms with Crippen molar-refractivity contribution in [2.45, 2.75) is 30.7 Å². The van der Waals surface area contributed by atoms with E-state index in [0.29, 0.717) is 11.3 Å². The molecule has 98 valence electrons. The minimum atomic E-state index is -3.87. The molecule has 7 heteroatoms. The van der Waals surface area contributed by atoms with E-state index >= 15 is 0 Å². The second kappa shape index (κ2) is 4.49. The second-order valence-electron chi connectivity index (χ2n) is 4.32. The number of carbonyl (C=O) groups is 1. The van der Waals surface area contributed by atoms with Crippen molar-refractivity contribution in [3.63, 3.8) is 0 Å². The van der Waals surface area contributed by atoms with Crippen LogP contribution in [0.25, 0.3) is 0 Å². The molecule has 0 atom stereocenters. The monoisotopic (exact) mass is 269 g/mol. The van der Waals surface area contributed by atoms with Gasteiger partial charge in [0, 0.05) is 11.7 Å². The van der Waals surface area contributed by atoms with Crippen LogP contribution in [0.1, 0.15) is 18.4 Å². The summed E-state index contributed by atoms with van der Waals surface area (Å²) in [6.45, 7) is 1.60. The predicted molar refractivity (Wildman–Crippen MR) is 67.5 cm³/mol. The van der Waals surface area contributed by atoms with Gasteiger partial charge in [0.15, 0.2) is 0 Å². The Balaban J connectivity index is 2.19. The average Bonchev–Trinajstić information content (AvgIpc) is 3.04. The predicted octanol–water partition coefficient (Wildman–Crippen LogP) is 0.728. The highest BCUT2D eigenvalue weighted by molar-refractivity contribution is 7.90. The zero-order chi connectivity index (χ0) is 13.3. The number of nitrogens with one attached hydrogen (secondary N) is 2. The van der Waals surface area contributed by atoms with Crippen LogP contribution >= 0.6 is 0 Å². The fourth-order valence-electron chi connectivity index (χ4n) is 1.54. The first-order valence-electron chi connectivity index (χ1n) is 5.58. The quantitative estimate of drug-likeness (QED) is 0.704. The second-order valence-corrected chi connectivity index (χ2v) is 5.97. The summed E-state index contributed by atoms with van der Waals surface area (Å²) in [7, 11) is -3.87. The number of amides is 2. The van der Waals surface area contributed by atoms with Gasteiger partial charge in [-0.3, -0.25) is 0 Å². The summed E-state index contributed by atoms with van der Waals surface area (Å²) in [5, 5.41) is 2.55. The van der Waals surface area contributed by atoms with Gasteiger partial charge in [0.1, 0.15) is 0 Å². The molecule has 0 radical (unpaired) electrons. The van der Waals surface area contributed by atoms with Gasteiger partial charge in [-0.2, -0.15) is 0 Å². The Hall–Kier alpha value is -1.76. The SMILES string of the molecule is Cc1c(N)cccc1S(=O)(=O)NC(=O)NC1CC1. The normalized spacial score (nSPS) is 15.2. The zero-order valence-electron chi connectivity index (χ0n) is 9.93. The number of carbonyl (C=O) groups excluding carboxylic acids is 1. The molecule has 1 aromatic rings. The van der Waals surface area contributed by atoms with Gasteiger partial charge in [0.05, 0.1) is 4.90 Å². The highest BCUT2D eigenvalue weighted by Crippen LogP contribution is 2.21. The van der Waals surface area contributed by atoms with Gasteiger partial charge in [0.2, 0.25) is 0 Å². The maximum atomic E-state index is 12.0. The van der Waals surface area contributed by atoms with Crippen molar-refractivity contribution < 1.29 is 13.2 Å². The number of hydrogen-bond acceptors (Lipinski definition) is 4. The van der Waals surface area contributed by atoms with E-state index in [4.69, 9.17) is 5.73 Å². The molecule has 1 aliphatic rings. The lowest BCUT2D eigenvalue weighted by molar-refractivity contribution is 0.245. The molecule has 1 fully saturated rings. The molecule has 1 aromatic carbocycles. The maximum absolute atomic E-state index is 12.0. The van der Waals surface area contributed by atoms with Gasteiger partial charge in [-0.15, -0.1) is 0 Å². The molecule has 2 amide bonds. The highest BCUT2D eigenvalue weighted by atomic mass is 32.2. The van der Waals surface area contributed by atoms with Crippen molar-refractivity contribution >= 4 is 21.7 Å². The Kier molecular flexibility index (Phi) is 3.16. The third kappa shape index (κ3) is 2.73. The first kappa shape index (κ1) is 12.7. The maximum Gasteiger partial charge on any atom is 0.328 e. The third-order valence-electron chi connectivity index (χ3n) is 2.76. The molecule has 4 N–H and O–H groups in total. The molecule has 1 saturated carbocycles. The standard InChI is InChI=1S/C11H15N3O3S/c1-7-9(12)3-2-4-10(7)18(16,17)14-11(15)13-8-5-6-8/h2-4,8H,5-6,12H2,1H3,(H2,13,14,15). The number of sulfonamides is 1. The van der Waals surface area contributed by atoms with Crippen LogP contribution in [0.15, 0.2) is 23.1 Å². The van der Waals surface area contributed by atoms with Crippen LogP contribution in [0.5, 0.6) is 0 Å². The largest absolute Gasteiger partial charge is 0.398 e. The van der Waals surface area contributed by atoms with E-state index in [0.717, 1.165) is 12.8 Å². The molecule has 0 saturated heterocycles. The Morgan fingerprint density at radius 3 is 2.67 bits per heavy atom.